The lowest BCUT2D eigenvalue weighted by atomic mass is 9.92. The molecule has 2 unspecified atom stereocenters. The van der Waals surface area contributed by atoms with E-state index in [0.29, 0.717) is 0 Å². The van der Waals surface area contributed by atoms with Crippen molar-refractivity contribution in [3.8, 4) is 0 Å². The molecule has 2 atom stereocenters. The van der Waals surface area contributed by atoms with Crippen LogP contribution in [0.3, 0.4) is 0 Å². The van der Waals surface area contributed by atoms with Crippen molar-refractivity contribution in [2.24, 2.45) is 11.7 Å². The first-order valence-electron chi connectivity index (χ1n) is 7.87. The molecule has 1 aromatic rings. The summed E-state index contributed by atoms with van der Waals surface area (Å²) in [5.74, 6) is 0.582. The zero-order valence-electron chi connectivity index (χ0n) is 13.4. The summed E-state index contributed by atoms with van der Waals surface area (Å²) in [6.45, 7) is 5.25. The minimum Gasteiger partial charge on any atom is -0.326 e. The third kappa shape index (κ3) is 4.50. The summed E-state index contributed by atoms with van der Waals surface area (Å²) in [6.07, 6.45) is 2.38. The maximum Gasteiger partial charge on any atom is 0.123 e. The van der Waals surface area contributed by atoms with Gasteiger partial charge in [-0.2, -0.15) is 0 Å². The highest BCUT2D eigenvalue weighted by Gasteiger charge is 2.28. The summed E-state index contributed by atoms with van der Waals surface area (Å²) >= 11 is 0. The maximum absolute atomic E-state index is 13.5. The number of hydrogen-bond acceptors (Lipinski definition) is 3. The van der Waals surface area contributed by atoms with E-state index in [9.17, 15) is 4.39 Å². The van der Waals surface area contributed by atoms with Crippen molar-refractivity contribution in [1.29, 1.82) is 0 Å². The van der Waals surface area contributed by atoms with Gasteiger partial charge in [0, 0.05) is 18.6 Å². The Morgan fingerprint density at radius 2 is 2.00 bits per heavy atom. The van der Waals surface area contributed by atoms with Gasteiger partial charge in [0.1, 0.15) is 5.82 Å². The van der Waals surface area contributed by atoms with Crippen molar-refractivity contribution < 1.29 is 4.39 Å². The summed E-state index contributed by atoms with van der Waals surface area (Å²) < 4.78 is 13.5. The predicted molar refractivity (Wildman–Crippen MR) is 85.6 cm³/mol. The summed E-state index contributed by atoms with van der Waals surface area (Å²) in [5.41, 5.74) is 7.19. The van der Waals surface area contributed by atoms with Crippen LogP contribution < -0.4 is 5.73 Å². The second-order valence-corrected chi connectivity index (χ2v) is 6.60. The van der Waals surface area contributed by atoms with Crippen molar-refractivity contribution >= 4 is 0 Å². The van der Waals surface area contributed by atoms with E-state index in [1.165, 1.54) is 18.9 Å². The fourth-order valence-electron chi connectivity index (χ4n) is 3.47. The third-order valence-corrected chi connectivity index (χ3v) is 4.35. The molecule has 1 aromatic carbocycles. The van der Waals surface area contributed by atoms with E-state index in [0.717, 1.165) is 31.1 Å². The van der Waals surface area contributed by atoms with Crippen molar-refractivity contribution in [1.82, 2.24) is 9.80 Å². The first-order chi connectivity index (χ1) is 9.97. The van der Waals surface area contributed by atoms with Gasteiger partial charge in [-0.25, -0.2) is 4.39 Å². The van der Waals surface area contributed by atoms with E-state index in [1.807, 2.05) is 13.0 Å². The summed E-state index contributed by atoms with van der Waals surface area (Å²) in [4.78, 5) is 4.68. The number of nitrogens with two attached hydrogens (primary N) is 1. The molecule has 2 rings (SSSR count). The SMILES string of the molecule is CC(N)C(c1cccc(F)c1)N1CCC(CN(C)C)CC1. The average molecular weight is 293 g/mol. The fourth-order valence-corrected chi connectivity index (χ4v) is 3.47. The zero-order valence-corrected chi connectivity index (χ0v) is 13.4. The van der Waals surface area contributed by atoms with Crippen LogP contribution in [0.1, 0.15) is 31.4 Å². The number of nitrogens with zero attached hydrogens (tertiary/aromatic N) is 2. The van der Waals surface area contributed by atoms with Gasteiger partial charge in [0.15, 0.2) is 0 Å². The largest absolute Gasteiger partial charge is 0.326 e. The topological polar surface area (TPSA) is 32.5 Å². The Balaban J connectivity index is 2.04. The Morgan fingerprint density at radius 3 is 2.52 bits per heavy atom. The molecule has 0 amide bonds. The molecule has 2 N–H and O–H groups in total. The van der Waals surface area contributed by atoms with Crippen molar-refractivity contribution in [3.05, 3.63) is 35.6 Å². The van der Waals surface area contributed by atoms with Crippen LogP contribution >= 0.6 is 0 Å². The fraction of sp³-hybridized carbons (Fsp3) is 0.647. The highest BCUT2D eigenvalue weighted by Crippen LogP contribution is 2.29. The van der Waals surface area contributed by atoms with Crippen molar-refractivity contribution in [2.45, 2.75) is 31.8 Å². The molecule has 1 saturated heterocycles. The summed E-state index contributed by atoms with van der Waals surface area (Å²) in [5, 5.41) is 0. The monoisotopic (exact) mass is 293 g/mol. The van der Waals surface area contributed by atoms with Gasteiger partial charge in [-0.3, -0.25) is 4.90 Å². The first kappa shape index (κ1) is 16.4. The molecule has 0 spiro atoms. The lowest BCUT2D eigenvalue weighted by Gasteiger charge is -2.40. The Kier molecular flexibility index (Phi) is 5.73. The number of likely N-dealkylation sites (tertiary alicyclic amines) is 1. The van der Waals surface area contributed by atoms with Crippen LogP contribution in [-0.4, -0.2) is 49.6 Å². The molecule has 21 heavy (non-hydrogen) atoms. The second kappa shape index (κ2) is 7.34. The van der Waals surface area contributed by atoms with Gasteiger partial charge in [-0.15, -0.1) is 0 Å². The van der Waals surface area contributed by atoms with Crippen LogP contribution in [0.15, 0.2) is 24.3 Å². The predicted octanol–water partition coefficient (Wildman–Crippen LogP) is 2.49. The van der Waals surface area contributed by atoms with E-state index in [1.54, 1.807) is 12.1 Å². The van der Waals surface area contributed by atoms with E-state index in [-0.39, 0.29) is 17.9 Å². The molecular weight excluding hydrogens is 265 g/mol. The average Bonchev–Trinajstić information content (AvgIpc) is 2.40. The molecule has 118 valence electrons. The Hall–Kier alpha value is -0.970. The Labute approximate surface area is 127 Å². The quantitative estimate of drug-likeness (QED) is 0.905. The normalized spacial score (nSPS) is 20.7. The van der Waals surface area contributed by atoms with Crippen LogP contribution in [0.5, 0.6) is 0 Å². The van der Waals surface area contributed by atoms with Crippen LogP contribution in [-0.2, 0) is 0 Å². The Bertz CT molecular complexity index is 439. The molecule has 0 bridgehead atoms. The van der Waals surface area contributed by atoms with Crippen LogP contribution in [0.2, 0.25) is 0 Å². The van der Waals surface area contributed by atoms with E-state index in [4.69, 9.17) is 5.73 Å². The number of rotatable bonds is 5. The van der Waals surface area contributed by atoms with E-state index < -0.39 is 0 Å². The van der Waals surface area contributed by atoms with Gasteiger partial charge in [-0.1, -0.05) is 12.1 Å². The number of piperidine rings is 1. The molecule has 1 fully saturated rings. The van der Waals surface area contributed by atoms with Gasteiger partial charge < -0.3 is 10.6 Å². The Morgan fingerprint density at radius 1 is 1.33 bits per heavy atom. The highest BCUT2D eigenvalue weighted by molar-refractivity contribution is 5.22. The maximum atomic E-state index is 13.5. The van der Waals surface area contributed by atoms with Crippen LogP contribution in [0.4, 0.5) is 4.39 Å². The van der Waals surface area contributed by atoms with Gasteiger partial charge in [0.05, 0.1) is 0 Å². The molecule has 3 nitrogen and oxygen atoms in total. The van der Waals surface area contributed by atoms with Crippen molar-refractivity contribution in [2.75, 3.05) is 33.7 Å². The van der Waals surface area contributed by atoms with Gasteiger partial charge in [0.25, 0.3) is 0 Å². The molecule has 0 saturated carbocycles. The molecule has 1 heterocycles. The molecule has 0 radical (unpaired) electrons. The lowest BCUT2D eigenvalue weighted by molar-refractivity contribution is 0.108. The minimum absolute atomic E-state index is 0.00259. The molecular formula is C17H28FN3. The zero-order chi connectivity index (χ0) is 15.4. The number of hydrogen-bond donors (Lipinski definition) is 1. The lowest BCUT2D eigenvalue weighted by Crippen LogP contribution is -2.44. The molecule has 4 heteroatoms. The first-order valence-corrected chi connectivity index (χ1v) is 7.87. The highest BCUT2D eigenvalue weighted by atomic mass is 19.1. The summed E-state index contributed by atoms with van der Waals surface area (Å²) in [7, 11) is 4.26. The smallest absolute Gasteiger partial charge is 0.123 e. The van der Waals surface area contributed by atoms with Crippen molar-refractivity contribution in [3.63, 3.8) is 0 Å². The van der Waals surface area contributed by atoms with E-state index >= 15 is 0 Å². The molecule has 0 aliphatic carbocycles. The van der Waals surface area contributed by atoms with Crippen LogP contribution in [0.25, 0.3) is 0 Å². The summed E-state index contributed by atoms with van der Waals surface area (Å²) in [6, 6.07) is 6.99. The van der Waals surface area contributed by atoms with E-state index in [2.05, 4.69) is 23.9 Å². The second-order valence-electron chi connectivity index (χ2n) is 6.60. The van der Waals surface area contributed by atoms with Gasteiger partial charge in [-0.05, 0) is 70.6 Å². The molecule has 1 aliphatic heterocycles. The number of halogens is 1. The standard InChI is InChI=1S/C17H28FN3/c1-13(19)17(15-5-4-6-16(18)11-15)21-9-7-14(8-10-21)12-20(2)3/h4-6,11,13-14,17H,7-10,12,19H2,1-3H3. The molecule has 0 aromatic heterocycles. The van der Waals surface area contributed by atoms with Gasteiger partial charge in [0.2, 0.25) is 0 Å². The van der Waals surface area contributed by atoms with Crippen LogP contribution in [0, 0.1) is 11.7 Å². The number of benzene rings is 1. The minimum atomic E-state index is -0.180. The third-order valence-electron chi connectivity index (χ3n) is 4.35. The molecule has 1 aliphatic rings. The van der Waals surface area contributed by atoms with Gasteiger partial charge >= 0.3 is 0 Å².